The Morgan fingerprint density at radius 1 is 1.31 bits per heavy atom. The summed E-state index contributed by atoms with van der Waals surface area (Å²) in [6.45, 7) is 11.6. The van der Waals surface area contributed by atoms with Crippen LogP contribution in [0, 0.1) is 21.0 Å². The van der Waals surface area contributed by atoms with Gasteiger partial charge in [0, 0.05) is 0 Å². The minimum Gasteiger partial charge on any atom is -0.368 e. The molecule has 0 amide bonds. The molecule has 29 heavy (non-hydrogen) atoms. The quantitative estimate of drug-likeness (QED) is 0.278. The first-order valence-corrected chi connectivity index (χ1v) is 12.3. The summed E-state index contributed by atoms with van der Waals surface area (Å²) >= 11 is 2.07. The Morgan fingerprint density at radius 2 is 1.86 bits per heavy atom. The number of aromatic nitrogens is 4. The highest BCUT2D eigenvalue weighted by atomic mass is 127. The first kappa shape index (κ1) is 22.9. The molecule has 0 spiro atoms. The molecule has 162 valence electrons. The van der Waals surface area contributed by atoms with Gasteiger partial charge in [-0.2, -0.15) is 4.98 Å². The van der Waals surface area contributed by atoms with Crippen LogP contribution in [0.5, 0.6) is 0 Å². The number of nitrogens with zero attached hydrogens (tertiary/aromatic N) is 4. The van der Waals surface area contributed by atoms with Crippen LogP contribution in [-0.2, 0) is 15.8 Å². The molecule has 1 atom stereocenters. The number of imidazole rings is 1. The van der Waals surface area contributed by atoms with Crippen molar-refractivity contribution in [1.29, 1.82) is 0 Å². The summed E-state index contributed by atoms with van der Waals surface area (Å²) in [6, 6.07) is 0. The van der Waals surface area contributed by atoms with Crippen molar-refractivity contribution >= 4 is 47.3 Å². The Hall–Kier alpha value is -0.810. The molecule has 0 aromatic carbocycles. The summed E-state index contributed by atoms with van der Waals surface area (Å²) in [5.74, 6) is -0.604. The predicted octanol–water partition coefficient (Wildman–Crippen LogP) is 3.38. The molecule has 2 aromatic rings. The minimum absolute atomic E-state index is 0.155. The summed E-state index contributed by atoms with van der Waals surface area (Å²) < 4.78 is 21.7. The average molecular weight is 537 g/mol. The maximum atomic E-state index is 12.7. The Labute approximate surface area is 184 Å². The van der Waals surface area contributed by atoms with Gasteiger partial charge >= 0.3 is 7.60 Å². The van der Waals surface area contributed by atoms with E-state index in [1.54, 1.807) is 34.0 Å². The van der Waals surface area contributed by atoms with Gasteiger partial charge in [0.1, 0.15) is 9.22 Å². The van der Waals surface area contributed by atoms with Crippen molar-refractivity contribution in [2.75, 3.05) is 5.73 Å². The zero-order chi connectivity index (χ0) is 22.0. The number of anilines is 1. The van der Waals surface area contributed by atoms with Gasteiger partial charge in [-0.15, -0.1) is 0 Å². The molecule has 0 aliphatic heterocycles. The van der Waals surface area contributed by atoms with E-state index < -0.39 is 18.5 Å². The van der Waals surface area contributed by atoms with Crippen LogP contribution in [0.1, 0.15) is 48.0 Å². The summed E-state index contributed by atoms with van der Waals surface area (Å²) in [5, 5.41) is -1.58. The molecule has 0 saturated heterocycles. The van der Waals surface area contributed by atoms with Gasteiger partial charge in [0.05, 0.1) is 18.5 Å². The van der Waals surface area contributed by atoms with E-state index in [-0.39, 0.29) is 23.2 Å². The van der Waals surface area contributed by atoms with Crippen LogP contribution in [0.4, 0.5) is 5.95 Å². The van der Waals surface area contributed by atoms with Crippen LogP contribution < -0.4 is 5.73 Å². The largest absolute Gasteiger partial charge is 0.368 e. The maximum absolute atomic E-state index is 12.7. The highest BCUT2D eigenvalue weighted by Gasteiger charge is 2.69. The van der Waals surface area contributed by atoms with Gasteiger partial charge < -0.3 is 24.8 Å². The van der Waals surface area contributed by atoms with Crippen LogP contribution in [0.15, 0.2) is 6.33 Å². The SMILES string of the molecule is CC(C)C(OC1(Cn2cnc3c(I)nc(N)nc32)CC1(C)C)(C(C)C)P(=O)(O)O. The Kier molecular flexibility index (Phi) is 5.61. The lowest BCUT2D eigenvalue weighted by molar-refractivity contribution is -0.136. The standard InChI is InChI=1S/C18H29IN5O4P/c1-10(2)18(11(3)4,29(25,26)27)28-17(7-16(17,5)6)8-24-9-21-12-13(19)22-15(20)23-14(12)24/h9-11H,7-8H2,1-6H3,(H2,20,22,23)(H2,25,26,27). The molecular formula is C18H29IN5O4P. The first-order valence-electron chi connectivity index (χ1n) is 9.56. The summed E-state index contributed by atoms with van der Waals surface area (Å²) in [6.07, 6.45) is 2.32. The normalized spacial score (nSPS) is 22.0. The summed E-state index contributed by atoms with van der Waals surface area (Å²) in [7, 11) is -4.58. The lowest BCUT2D eigenvalue weighted by Gasteiger charge is -2.44. The number of hydrogen-bond donors (Lipinski definition) is 3. The van der Waals surface area contributed by atoms with Gasteiger partial charge in [-0.05, 0) is 46.3 Å². The van der Waals surface area contributed by atoms with E-state index in [1.165, 1.54) is 0 Å². The Bertz CT molecular complexity index is 978. The first-order chi connectivity index (χ1) is 13.2. The monoisotopic (exact) mass is 537 g/mol. The number of rotatable bonds is 7. The lowest BCUT2D eigenvalue weighted by Crippen LogP contribution is -2.49. The van der Waals surface area contributed by atoms with E-state index >= 15 is 0 Å². The van der Waals surface area contributed by atoms with Crippen LogP contribution >= 0.6 is 30.2 Å². The van der Waals surface area contributed by atoms with Crippen molar-refractivity contribution in [3.63, 3.8) is 0 Å². The molecule has 0 bridgehead atoms. The van der Waals surface area contributed by atoms with E-state index in [2.05, 4.69) is 37.5 Å². The molecule has 4 N–H and O–H groups in total. The molecule has 9 nitrogen and oxygen atoms in total. The van der Waals surface area contributed by atoms with Gasteiger partial charge in [0.15, 0.2) is 11.0 Å². The molecule has 3 rings (SSSR count). The van der Waals surface area contributed by atoms with Gasteiger partial charge in [0.2, 0.25) is 5.95 Å². The number of fused-ring (bicyclic) bond motifs is 1. The Balaban J connectivity index is 2.08. The smallest absolute Gasteiger partial charge is 0.357 e. The zero-order valence-corrected chi connectivity index (χ0v) is 20.6. The van der Waals surface area contributed by atoms with Crippen molar-refractivity contribution in [3.05, 3.63) is 10.0 Å². The third-order valence-corrected chi connectivity index (χ3v) is 8.96. The fourth-order valence-electron chi connectivity index (χ4n) is 4.41. The number of nitrogens with two attached hydrogens (primary N) is 1. The predicted molar refractivity (Wildman–Crippen MR) is 119 cm³/mol. The van der Waals surface area contributed by atoms with Crippen molar-refractivity contribution < 1.29 is 19.1 Å². The van der Waals surface area contributed by atoms with Crippen LogP contribution in [0.2, 0.25) is 0 Å². The topological polar surface area (TPSA) is 136 Å². The van der Waals surface area contributed by atoms with E-state index in [0.717, 1.165) is 0 Å². The van der Waals surface area contributed by atoms with E-state index in [0.29, 0.717) is 27.8 Å². The molecule has 1 unspecified atom stereocenters. The van der Waals surface area contributed by atoms with E-state index in [9.17, 15) is 14.4 Å². The van der Waals surface area contributed by atoms with Crippen LogP contribution in [0.25, 0.3) is 11.2 Å². The number of ether oxygens (including phenoxy) is 1. The Morgan fingerprint density at radius 3 is 2.31 bits per heavy atom. The number of halogens is 1. The third kappa shape index (κ3) is 3.60. The minimum atomic E-state index is -4.58. The molecule has 2 aromatic heterocycles. The van der Waals surface area contributed by atoms with Gasteiger partial charge in [-0.25, -0.2) is 9.97 Å². The van der Waals surface area contributed by atoms with Gasteiger partial charge in [-0.1, -0.05) is 41.5 Å². The van der Waals surface area contributed by atoms with Gasteiger partial charge in [0.25, 0.3) is 0 Å². The second kappa shape index (κ2) is 7.12. The summed E-state index contributed by atoms with van der Waals surface area (Å²) in [5.41, 5.74) is 6.02. The molecular weight excluding hydrogens is 508 g/mol. The van der Waals surface area contributed by atoms with Crippen LogP contribution in [-0.4, -0.2) is 40.2 Å². The molecule has 1 aliphatic carbocycles. The van der Waals surface area contributed by atoms with Crippen molar-refractivity contribution in [3.8, 4) is 0 Å². The van der Waals surface area contributed by atoms with Crippen LogP contribution in [0.3, 0.4) is 0 Å². The molecule has 0 radical (unpaired) electrons. The lowest BCUT2D eigenvalue weighted by atomic mass is 9.94. The van der Waals surface area contributed by atoms with Crippen molar-refractivity contribution in [2.24, 2.45) is 17.3 Å². The summed E-state index contributed by atoms with van der Waals surface area (Å²) in [4.78, 5) is 33.5. The third-order valence-electron chi connectivity index (χ3n) is 6.17. The molecule has 1 aliphatic rings. The fraction of sp³-hybridized carbons (Fsp3) is 0.722. The van der Waals surface area contributed by atoms with Gasteiger partial charge in [-0.3, -0.25) is 4.57 Å². The highest BCUT2D eigenvalue weighted by molar-refractivity contribution is 14.1. The van der Waals surface area contributed by atoms with Crippen molar-refractivity contribution in [2.45, 2.75) is 65.5 Å². The number of hydrogen-bond acceptors (Lipinski definition) is 6. The van der Waals surface area contributed by atoms with E-state index in [1.807, 2.05) is 18.4 Å². The highest BCUT2D eigenvalue weighted by Crippen LogP contribution is 2.68. The molecule has 1 fully saturated rings. The second-order valence-electron chi connectivity index (χ2n) is 9.18. The maximum Gasteiger partial charge on any atom is 0.357 e. The molecule has 1 saturated carbocycles. The fourth-order valence-corrected chi connectivity index (χ4v) is 6.68. The number of nitrogen functional groups attached to an aromatic ring is 1. The molecule has 11 heteroatoms. The second-order valence-corrected chi connectivity index (χ2v) is 12.0. The average Bonchev–Trinajstić information content (AvgIpc) is 2.85. The van der Waals surface area contributed by atoms with E-state index in [4.69, 9.17) is 10.5 Å². The van der Waals surface area contributed by atoms with Crippen molar-refractivity contribution in [1.82, 2.24) is 19.5 Å². The molecule has 2 heterocycles. The zero-order valence-electron chi connectivity index (χ0n) is 17.5.